The fourth-order valence-electron chi connectivity index (χ4n) is 5.25. The van der Waals surface area contributed by atoms with E-state index in [1.54, 1.807) is 0 Å². The minimum Gasteiger partial charge on any atom is -0.370 e. The number of hydrogen-bond acceptors (Lipinski definition) is 5. The Morgan fingerprint density at radius 2 is 1.17 bits per heavy atom. The smallest absolute Gasteiger partial charge is 0.224 e. The molecule has 1 saturated carbocycles. The Bertz CT molecular complexity index is 1270. The normalized spacial score (nSPS) is 21.3. The molecule has 0 spiro atoms. The summed E-state index contributed by atoms with van der Waals surface area (Å²) < 4.78 is 0. The summed E-state index contributed by atoms with van der Waals surface area (Å²) in [7, 11) is 0. The second-order valence-corrected chi connectivity index (χ2v) is 10.6. The predicted molar refractivity (Wildman–Crippen MR) is 146 cm³/mol. The number of halogens is 3. The third-order valence-corrected chi connectivity index (χ3v) is 7.23. The molecule has 4 aromatic rings. The number of rotatable bonds is 7. The highest BCUT2D eigenvalue weighted by molar-refractivity contribution is 6.31. The van der Waals surface area contributed by atoms with Gasteiger partial charge in [0.25, 0.3) is 0 Å². The van der Waals surface area contributed by atoms with Gasteiger partial charge in [-0.05, 0) is 46.3 Å². The van der Waals surface area contributed by atoms with Crippen molar-refractivity contribution in [3.05, 3.63) is 111 Å². The van der Waals surface area contributed by atoms with Gasteiger partial charge in [-0.2, -0.15) is 0 Å². The second-order valence-electron chi connectivity index (χ2n) is 9.53. The van der Waals surface area contributed by atoms with E-state index in [2.05, 4.69) is 82.6 Å². The maximum absolute atomic E-state index is 6.46. The molecule has 2 aromatic heterocycles. The summed E-state index contributed by atoms with van der Waals surface area (Å²) in [4.78, 5) is 17.9. The first-order chi connectivity index (χ1) is 17.4. The van der Waals surface area contributed by atoms with Crippen molar-refractivity contribution in [2.75, 3.05) is 11.9 Å². The van der Waals surface area contributed by atoms with Gasteiger partial charge in [0.15, 0.2) is 0 Å². The molecule has 1 aliphatic carbocycles. The van der Waals surface area contributed by atoms with Crippen molar-refractivity contribution >= 4 is 40.6 Å². The van der Waals surface area contributed by atoms with E-state index in [4.69, 9.17) is 39.8 Å². The first kappa shape index (κ1) is 24.9. The van der Waals surface area contributed by atoms with E-state index >= 15 is 0 Å². The lowest BCUT2D eigenvalue weighted by atomic mass is 9.50. The van der Waals surface area contributed by atoms with Crippen LogP contribution in [0.15, 0.2) is 72.8 Å². The molecule has 8 heteroatoms. The van der Waals surface area contributed by atoms with Crippen LogP contribution in [0.1, 0.15) is 60.0 Å². The molecule has 2 atom stereocenters. The van der Waals surface area contributed by atoms with Crippen LogP contribution >= 0.6 is 34.8 Å². The van der Waals surface area contributed by atoms with Crippen LogP contribution in [0.5, 0.6) is 0 Å². The molecule has 0 bridgehead atoms. The highest BCUT2D eigenvalue weighted by atomic mass is 35.5. The van der Waals surface area contributed by atoms with Gasteiger partial charge in [0.2, 0.25) is 10.6 Å². The fraction of sp³-hybridized carbons (Fsp3) is 0.286. The lowest BCUT2D eigenvalue weighted by Crippen LogP contribution is -2.41. The predicted octanol–water partition coefficient (Wildman–Crippen LogP) is 7.74. The standard InChI is InChI=1S/C28H26Cl3N5/c1-16(2)15-32-22-14-20(34-28(31)36-22)26-23(17-9-5-3-6-10-17)25(19-13-21(29)35-27(30)33-19)24(26)18-11-7-4-8-12-18/h3-14,16,23-26H,15H2,1-2H3,(H,32,34,36)/t23-,24-,25?,26?/m1/s1. The van der Waals surface area contributed by atoms with E-state index in [9.17, 15) is 0 Å². The average Bonchev–Trinajstić information content (AvgIpc) is 2.83. The van der Waals surface area contributed by atoms with Crippen molar-refractivity contribution in [1.82, 2.24) is 19.9 Å². The Morgan fingerprint density at radius 1 is 0.667 bits per heavy atom. The highest BCUT2D eigenvalue weighted by Gasteiger charge is 2.54. The van der Waals surface area contributed by atoms with Gasteiger partial charge >= 0.3 is 0 Å². The molecule has 36 heavy (non-hydrogen) atoms. The molecule has 1 aliphatic rings. The third kappa shape index (κ3) is 5.19. The molecule has 1 N–H and O–H groups in total. The maximum atomic E-state index is 6.46. The van der Waals surface area contributed by atoms with Gasteiger partial charge in [-0.1, -0.05) is 86.1 Å². The molecule has 0 aliphatic heterocycles. The molecule has 0 saturated heterocycles. The minimum absolute atomic E-state index is 0.0126. The van der Waals surface area contributed by atoms with Crippen LogP contribution in [-0.4, -0.2) is 26.5 Å². The van der Waals surface area contributed by atoms with Crippen LogP contribution < -0.4 is 5.32 Å². The summed E-state index contributed by atoms with van der Waals surface area (Å²) in [5.41, 5.74) is 4.10. The Labute approximate surface area is 226 Å². The number of aromatic nitrogens is 4. The monoisotopic (exact) mass is 537 g/mol. The summed E-state index contributed by atoms with van der Waals surface area (Å²) in [6.45, 7) is 5.10. The van der Waals surface area contributed by atoms with Crippen molar-refractivity contribution in [1.29, 1.82) is 0 Å². The van der Waals surface area contributed by atoms with Gasteiger partial charge in [0.1, 0.15) is 11.0 Å². The number of hydrogen-bond donors (Lipinski definition) is 1. The van der Waals surface area contributed by atoms with Crippen LogP contribution in [0.2, 0.25) is 15.7 Å². The van der Waals surface area contributed by atoms with Crippen molar-refractivity contribution < 1.29 is 0 Å². The van der Waals surface area contributed by atoms with Crippen LogP contribution in [0.25, 0.3) is 0 Å². The maximum Gasteiger partial charge on any atom is 0.224 e. The van der Waals surface area contributed by atoms with Gasteiger partial charge in [0.05, 0.1) is 11.4 Å². The SMILES string of the molecule is CC(C)CNc1cc(C2[C@H](c3ccccc3)C(c3cc(Cl)nc(Cl)n3)[C@H]2c2ccccc2)nc(Cl)n1. The van der Waals surface area contributed by atoms with Crippen molar-refractivity contribution in [3.8, 4) is 0 Å². The molecule has 0 radical (unpaired) electrons. The van der Waals surface area contributed by atoms with Crippen molar-refractivity contribution in [2.45, 2.75) is 37.5 Å². The molecule has 2 heterocycles. The summed E-state index contributed by atoms with van der Waals surface area (Å²) >= 11 is 19.1. The molecular weight excluding hydrogens is 513 g/mol. The minimum atomic E-state index is 0.0126. The molecule has 0 unspecified atom stereocenters. The summed E-state index contributed by atoms with van der Waals surface area (Å²) in [5.74, 6) is 1.39. The molecule has 2 aromatic carbocycles. The molecule has 184 valence electrons. The third-order valence-electron chi connectivity index (χ3n) is 6.70. The van der Waals surface area contributed by atoms with Crippen LogP contribution in [0.3, 0.4) is 0 Å². The van der Waals surface area contributed by atoms with Crippen molar-refractivity contribution in [3.63, 3.8) is 0 Å². The second kappa shape index (κ2) is 10.7. The number of anilines is 1. The van der Waals surface area contributed by atoms with E-state index in [1.165, 1.54) is 11.1 Å². The lowest BCUT2D eigenvalue weighted by Gasteiger charge is -2.52. The Hall–Kier alpha value is -2.73. The number of benzene rings is 2. The Kier molecular flexibility index (Phi) is 7.42. The van der Waals surface area contributed by atoms with Gasteiger partial charge < -0.3 is 5.32 Å². The molecule has 5 nitrogen and oxygen atoms in total. The Morgan fingerprint density at radius 3 is 1.67 bits per heavy atom. The highest BCUT2D eigenvalue weighted by Crippen LogP contribution is 2.66. The molecule has 1 fully saturated rings. The van der Waals surface area contributed by atoms with E-state index in [-0.39, 0.29) is 34.2 Å². The Balaban J connectivity index is 1.66. The topological polar surface area (TPSA) is 63.6 Å². The first-order valence-corrected chi connectivity index (χ1v) is 13.1. The van der Waals surface area contributed by atoms with Crippen LogP contribution in [0, 0.1) is 5.92 Å². The first-order valence-electron chi connectivity index (χ1n) is 12.0. The summed E-state index contributed by atoms with van der Waals surface area (Å²) in [6, 6.07) is 24.7. The van der Waals surface area contributed by atoms with Gasteiger partial charge in [-0.3, -0.25) is 0 Å². The molecular formula is C28H26Cl3N5. The zero-order chi connectivity index (χ0) is 25.2. The van der Waals surface area contributed by atoms with Crippen molar-refractivity contribution in [2.24, 2.45) is 5.92 Å². The quantitative estimate of drug-likeness (QED) is 0.192. The van der Waals surface area contributed by atoms with E-state index in [0.717, 1.165) is 23.8 Å². The van der Waals surface area contributed by atoms with Gasteiger partial charge in [-0.15, -0.1) is 0 Å². The lowest BCUT2D eigenvalue weighted by molar-refractivity contribution is 0.220. The zero-order valence-electron chi connectivity index (χ0n) is 19.9. The molecule has 5 rings (SSSR count). The zero-order valence-corrected chi connectivity index (χ0v) is 22.2. The number of nitrogens with zero attached hydrogens (tertiary/aromatic N) is 4. The van der Waals surface area contributed by atoms with Gasteiger partial charge in [-0.25, -0.2) is 19.9 Å². The van der Waals surface area contributed by atoms with E-state index < -0.39 is 0 Å². The van der Waals surface area contributed by atoms with E-state index in [0.29, 0.717) is 11.1 Å². The summed E-state index contributed by atoms with van der Waals surface area (Å²) in [6.07, 6.45) is 0. The van der Waals surface area contributed by atoms with E-state index in [1.807, 2.05) is 24.3 Å². The largest absolute Gasteiger partial charge is 0.370 e. The summed E-state index contributed by atoms with van der Waals surface area (Å²) in [5, 5.41) is 4.11. The molecule has 0 amide bonds. The van der Waals surface area contributed by atoms with Crippen LogP contribution in [0.4, 0.5) is 5.82 Å². The van der Waals surface area contributed by atoms with Crippen LogP contribution in [-0.2, 0) is 0 Å². The number of nitrogens with one attached hydrogen (secondary N) is 1. The van der Waals surface area contributed by atoms with Gasteiger partial charge in [0, 0.05) is 36.3 Å². The average molecular weight is 539 g/mol. The fourth-order valence-corrected chi connectivity index (χ4v) is 5.86.